The van der Waals surface area contributed by atoms with E-state index in [-0.39, 0.29) is 0 Å². The molecular weight excluding hydrogens is 400 g/mol. The second kappa shape index (κ2) is 8.39. The van der Waals surface area contributed by atoms with Gasteiger partial charge in [-0.25, -0.2) is 9.67 Å². The summed E-state index contributed by atoms with van der Waals surface area (Å²) in [6.07, 6.45) is 0. The van der Waals surface area contributed by atoms with Crippen molar-refractivity contribution in [3.63, 3.8) is 0 Å². The third-order valence-electron chi connectivity index (χ3n) is 5.23. The van der Waals surface area contributed by atoms with Gasteiger partial charge in [0.1, 0.15) is 11.6 Å². The van der Waals surface area contributed by atoms with Crippen molar-refractivity contribution in [2.45, 2.75) is 6.54 Å². The Morgan fingerprint density at radius 3 is 2.31 bits per heavy atom. The number of methoxy groups -OCH3 is 1. The summed E-state index contributed by atoms with van der Waals surface area (Å²) in [7, 11) is 1.64. The van der Waals surface area contributed by atoms with E-state index in [1.165, 1.54) is 0 Å². The number of fused-ring (bicyclic) bond motifs is 1. The molecule has 3 aromatic carbocycles. The number of nitrogens with one attached hydrogen (secondary N) is 1. The van der Waals surface area contributed by atoms with Gasteiger partial charge in [-0.1, -0.05) is 60.7 Å². The molecule has 0 fully saturated rings. The van der Waals surface area contributed by atoms with Crippen LogP contribution in [0.4, 0.5) is 11.8 Å². The molecule has 158 valence electrons. The van der Waals surface area contributed by atoms with Gasteiger partial charge in [-0.3, -0.25) is 0 Å². The first-order chi connectivity index (χ1) is 15.7. The van der Waals surface area contributed by atoms with Crippen molar-refractivity contribution in [2.24, 2.45) is 0 Å². The molecule has 2 aromatic heterocycles. The highest BCUT2D eigenvalue weighted by Crippen LogP contribution is 2.37. The monoisotopic (exact) mass is 422 g/mol. The van der Waals surface area contributed by atoms with E-state index >= 15 is 0 Å². The Morgan fingerprint density at radius 1 is 0.875 bits per heavy atom. The van der Waals surface area contributed by atoms with E-state index in [0.717, 1.165) is 16.8 Å². The van der Waals surface area contributed by atoms with E-state index in [1.807, 2.05) is 72.8 Å². The lowest BCUT2D eigenvalue weighted by molar-refractivity contribution is 0.416. The molecule has 0 saturated carbocycles. The number of para-hydroxylation sites is 2. The fourth-order valence-corrected chi connectivity index (χ4v) is 3.67. The first-order valence-electron chi connectivity index (χ1n) is 10.3. The van der Waals surface area contributed by atoms with Crippen LogP contribution in [0, 0.1) is 0 Å². The molecule has 5 aromatic rings. The summed E-state index contributed by atoms with van der Waals surface area (Å²) in [5, 5.41) is 8.70. The van der Waals surface area contributed by atoms with Gasteiger partial charge in [0.2, 0.25) is 5.95 Å². The van der Waals surface area contributed by atoms with Crippen molar-refractivity contribution < 1.29 is 4.74 Å². The van der Waals surface area contributed by atoms with Crippen molar-refractivity contribution >= 4 is 22.8 Å². The molecular formula is C25H22N6O. The first-order valence-corrected chi connectivity index (χ1v) is 10.3. The normalized spacial score (nSPS) is 10.9. The molecule has 0 aliphatic heterocycles. The molecule has 5 rings (SSSR count). The summed E-state index contributed by atoms with van der Waals surface area (Å²) < 4.78 is 7.29. The predicted octanol–water partition coefficient (Wildman–Crippen LogP) is 4.69. The van der Waals surface area contributed by atoms with Gasteiger partial charge in [0.25, 0.3) is 0 Å². The van der Waals surface area contributed by atoms with Crippen LogP contribution in [-0.4, -0.2) is 26.9 Å². The fraction of sp³-hybridized carbons (Fsp3) is 0.0800. The summed E-state index contributed by atoms with van der Waals surface area (Å²) in [5.41, 5.74) is 10.6. The zero-order valence-corrected chi connectivity index (χ0v) is 17.6. The van der Waals surface area contributed by atoms with Crippen LogP contribution in [0.1, 0.15) is 5.56 Å². The number of nitrogens with zero attached hydrogens (tertiary/aromatic N) is 4. The van der Waals surface area contributed by atoms with E-state index in [0.29, 0.717) is 40.8 Å². The fourth-order valence-electron chi connectivity index (χ4n) is 3.67. The third-order valence-corrected chi connectivity index (χ3v) is 5.23. The second-order valence-corrected chi connectivity index (χ2v) is 7.27. The van der Waals surface area contributed by atoms with Crippen LogP contribution in [0.25, 0.3) is 28.0 Å². The van der Waals surface area contributed by atoms with Crippen molar-refractivity contribution in [1.29, 1.82) is 0 Å². The maximum atomic E-state index is 6.58. The SMILES string of the molecule is COc1ccccc1-c1nc(NCc2ccccc2)nc2nn(-c3ccccc3)c(N)c12. The van der Waals surface area contributed by atoms with Crippen LogP contribution < -0.4 is 15.8 Å². The Labute approximate surface area is 185 Å². The molecule has 0 atom stereocenters. The molecule has 7 heteroatoms. The number of rotatable bonds is 6. The smallest absolute Gasteiger partial charge is 0.225 e. The Hall–Kier alpha value is -4.39. The predicted molar refractivity (Wildman–Crippen MR) is 127 cm³/mol. The number of nitrogen functional groups attached to an aromatic ring is 1. The summed E-state index contributed by atoms with van der Waals surface area (Å²) >= 11 is 0. The largest absolute Gasteiger partial charge is 0.496 e. The van der Waals surface area contributed by atoms with Gasteiger partial charge in [-0.15, -0.1) is 5.10 Å². The number of hydrogen-bond acceptors (Lipinski definition) is 6. The zero-order valence-electron chi connectivity index (χ0n) is 17.6. The van der Waals surface area contributed by atoms with E-state index in [4.69, 9.17) is 20.6 Å². The van der Waals surface area contributed by atoms with Gasteiger partial charge >= 0.3 is 0 Å². The van der Waals surface area contributed by atoms with Crippen LogP contribution in [0.2, 0.25) is 0 Å². The number of ether oxygens (including phenoxy) is 1. The Balaban J connectivity index is 1.68. The molecule has 7 nitrogen and oxygen atoms in total. The number of nitrogens with two attached hydrogens (primary N) is 1. The van der Waals surface area contributed by atoms with Gasteiger partial charge < -0.3 is 15.8 Å². The summed E-state index contributed by atoms with van der Waals surface area (Å²) in [5.74, 6) is 1.65. The molecule has 0 spiro atoms. The van der Waals surface area contributed by atoms with E-state index < -0.39 is 0 Å². The van der Waals surface area contributed by atoms with Gasteiger partial charge in [0, 0.05) is 12.1 Å². The molecule has 2 heterocycles. The van der Waals surface area contributed by atoms with E-state index in [1.54, 1.807) is 11.8 Å². The molecule has 0 aliphatic rings. The molecule has 0 saturated heterocycles. The summed E-state index contributed by atoms with van der Waals surface area (Å²) in [6.45, 7) is 0.590. The standard InChI is InChI=1S/C25H22N6O/c1-32-20-15-9-8-14-19(20)22-21-23(26)31(18-12-6-3-7-13-18)30-24(21)29-25(28-22)27-16-17-10-4-2-5-11-17/h2-15H,16,26H2,1H3,(H,27,29,30). The first kappa shape index (κ1) is 19.6. The average molecular weight is 422 g/mol. The Morgan fingerprint density at radius 2 is 1.56 bits per heavy atom. The molecule has 3 N–H and O–H groups in total. The maximum Gasteiger partial charge on any atom is 0.225 e. The van der Waals surface area contributed by atoms with Gasteiger partial charge in [0.15, 0.2) is 5.65 Å². The number of aromatic nitrogens is 4. The van der Waals surface area contributed by atoms with Gasteiger partial charge in [-0.05, 0) is 29.8 Å². The lowest BCUT2D eigenvalue weighted by atomic mass is 10.1. The van der Waals surface area contributed by atoms with Gasteiger partial charge in [0.05, 0.1) is 23.9 Å². The van der Waals surface area contributed by atoms with Crippen LogP contribution >= 0.6 is 0 Å². The second-order valence-electron chi connectivity index (χ2n) is 7.27. The molecule has 32 heavy (non-hydrogen) atoms. The van der Waals surface area contributed by atoms with Crippen LogP contribution in [0.3, 0.4) is 0 Å². The minimum Gasteiger partial charge on any atom is -0.496 e. The van der Waals surface area contributed by atoms with Crippen molar-refractivity contribution in [2.75, 3.05) is 18.2 Å². The molecule has 0 aliphatic carbocycles. The third kappa shape index (κ3) is 3.60. The topological polar surface area (TPSA) is 90.9 Å². The quantitative estimate of drug-likeness (QED) is 0.413. The number of anilines is 2. The summed E-state index contributed by atoms with van der Waals surface area (Å²) in [4.78, 5) is 9.49. The van der Waals surface area contributed by atoms with Crippen molar-refractivity contribution in [3.05, 3.63) is 90.5 Å². The highest BCUT2D eigenvalue weighted by Gasteiger charge is 2.21. The molecule has 0 bridgehead atoms. The Kier molecular flexibility index (Phi) is 5.13. The minimum absolute atomic E-state index is 0.472. The molecule has 0 unspecified atom stereocenters. The highest BCUT2D eigenvalue weighted by atomic mass is 16.5. The lowest BCUT2D eigenvalue weighted by Crippen LogP contribution is -2.05. The molecule has 0 radical (unpaired) electrons. The summed E-state index contributed by atoms with van der Waals surface area (Å²) in [6, 6.07) is 27.6. The van der Waals surface area contributed by atoms with Crippen molar-refractivity contribution in [3.8, 4) is 22.7 Å². The maximum absolute atomic E-state index is 6.58. The number of hydrogen-bond donors (Lipinski definition) is 2. The van der Waals surface area contributed by atoms with Gasteiger partial charge in [-0.2, -0.15) is 4.98 Å². The van der Waals surface area contributed by atoms with Crippen molar-refractivity contribution in [1.82, 2.24) is 19.7 Å². The highest BCUT2D eigenvalue weighted by molar-refractivity contribution is 6.00. The zero-order chi connectivity index (χ0) is 21.9. The van der Waals surface area contributed by atoms with E-state index in [2.05, 4.69) is 22.4 Å². The Bertz CT molecular complexity index is 1370. The van der Waals surface area contributed by atoms with E-state index in [9.17, 15) is 0 Å². The van der Waals surface area contributed by atoms with Crippen LogP contribution in [0.5, 0.6) is 5.75 Å². The average Bonchev–Trinajstić information content (AvgIpc) is 3.19. The van der Waals surface area contributed by atoms with Crippen LogP contribution in [0.15, 0.2) is 84.9 Å². The number of benzene rings is 3. The molecule has 0 amide bonds. The lowest BCUT2D eigenvalue weighted by Gasteiger charge is -2.11. The van der Waals surface area contributed by atoms with Crippen LogP contribution in [-0.2, 0) is 6.54 Å². The minimum atomic E-state index is 0.472.